The molecule has 1 heterocycles. The summed E-state index contributed by atoms with van der Waals surface area (Å²) in [7, 11) is 0. The van der Waals surface area contributed by atoms with E-state index in [0.29, 0.717) is 17.4 Å². The predicted molar refractivity (Wildman–Crippen MR) is 70.9 cm³/mol. The SMILES string of the molecule is Clc1cc(C2CO2)ccc1OCc1ccccc1. The Morgan fingerprint density at radius 3 is 2.61 bits per heavy atom. The molecule has 3 heteroatoms. The Bertz CT molecular complexity index is 535. The van der Waals surface area contributed by atoms with E-state index in [2.05, 4.69) is 0 Å². The Morgan fingerprint density at radius 1 is 1.17 bits per heavy atom. The molecule has 2 nitrogen and oxygen atoms in total. The molecule has 1 saturated heterocycles. The summed E-state index contributed by atoms with van der Waals surface area (Å²) in [5.74, 6) is 0.713. The van der Waals surface area contributed by atoms with Gasteiger partial charge in [0.05, 0.1) is 11.6 Å². The Labute approximate surface area is 111 Å². The van der Waals surface area contributed by atoms with E-state index >= 15 is 0 Å². The van der Waals surface area contributed by atoms with Crippen LogP contribution in [0.4, 0.5) is 0 Å². The molecule has 0 N–H and O–H groups in total. The number of halogens is 1. The molecule has 0 aliphatic carbocycles. The first-order valence-electron chi connectivity index (χ1n) is 5.91. The third-order valence-corrected chi connectivity index (χ3v) is 3.19. The maximum absolute atomic E-state index is 6.19. The van der Waals surface area contributed by atoms with Crippen molar-refractivity contribution in [2.24, 2.45) is 0 Å². The van der Waals surface area contributed by atoms with Gasteiger partial charge in [0.2, 0.25) is 0 Å². The second-order valence-electron chi connectivity index (χ2n) is 4.29. The van der Waals surface area contributed by atoms with Gasteiger partial charge in [0.25, 0.3) is 0 Å². The van der Waals surface area contributed by atoms with Gasteiger partial charge in [0.1, 0.15) is 18.5 Å². The van der Waals surface area contributed by atoms with E-state index in [0.717, 1.165) is 17.7 Å². The zero-order chi connectivity index (χ0) is 12.4. The highest BCUT2D eigenvalue weighted by molar-refractivity contribution is 6.32. The van der Waals surface area contributed by atoms with Crippen molar-refractivity contribution in [3.63, 3.8) is 0 Å². The molecule has 1 fully saturated rings. The van der Waals surface area contributed by atoms with Crippen molar-refractivity contribution < 1.29 is 9.47 Å². The van der Waals surface area contributed by atoms with Crippen molar-refractivity contribution in [1.82, 2.24) is 0 Å². The summed E-state index contributed by atoms with van der Waals surface area (Å²) in [5, 5.41) is 0.638. The zero-order valence-corrected chi connectivity index (χ0v) is 10.6. The molecule has 0 radical (unpaired) electrons. The first-order valence-corrected chi connectivity index (χ1v) is 6.28. The van der Waals surface area contributed by atoms with E-state index < -0.39 is 0 Å². The highest BCUT2D eigenvalue weighted by Crippen LogP contribution is 2.34. The molecule has 2 aromatic rings. The molecule has 0 spiro atoms. The highest BCUT2D eigenvalue weighted by Gasteiger charge is 2.25. The number of hydrogen-bond acceptors (Lipinski definition) is 2. The fourth-order valence-electron chi connectivity index (χ4n) is 1.81. The number of epoxide rings is 1. The highest BCUT2D eigenvalue weighted by atomic mass is 35.5. The molecule has 3 rings (SSSR count). The van der Waals surface area contributed by atoms with E-state index in [-0.39, 0.29) is 6.10 Å². The maximum atomic E-state index is 6.19. The first-order chi connectivity index (χ1) is 8.83. The second-order valence-corrected chi connectivity index (χ2v) is 4.69. The van der Waals surface area contributed by atoms with Gasteiger partial charge in [-0.05, 0) is 23.3 Å². The van der Waals surface area contributed by atoms with Crippen molar-refractivity contribution in [3.8, 4) is 5.75 Å². The monoisotopic (exact) mass is 260 g/mol. The molecule has 0 bridgehead atoms. The Kier molecular flexibility index (Phi) is 3.22. The van der Waals surface area contributed by atoms with Crippen molar-refractivity contribution in [3.05, 3.63) is 64.7 Å². The van der Waals surface area contributed by atoms with E-state index in [9.17, 15) is 0 Å². The summed E-state index contributed by atoms with van der Waals surface area (Å²) >= 11 is 6.19. The van der Waals surface area contributed by atoms with Gasteiger partial charge >= 0.3 is 0 Å². The van der Waals surface area contributed by atoms with Crippen LogP contribution in [0.5, 0.6) is 5.75 Å². The van der Waals surface area contributed by atoms with Crippen LogP contribution in [0.3, 0.4) is 0 Å². The Hall–Kier alpha value is -1.51. The van der Waals surface area contributed by atoms with Gasteiger partial charge in [-0.25, -0.2) is 0 Å². The summed E-state index contributed by atoms with van der Waals surface area (Å²) in [6.07, 6.45) is 0.227. The largest absolute Gasteiger partial charge is 0.487 e. The summed E-state index contributed by atoms with van der Waals surface area (Å²) < 4.78 is 10.9. The Balaban J connectivity index is 1.69. The van der Waals surface area contributed by atoms with E-state index in [1.165, 1.54) is 0 Å². The molecule has 92 valence electrons. The van der Waals surface area contributed by atoms with Crippen LogP contribution in [-0.2, 0) is 11.3 Å². The fraction of sp³-hybridized carbons (Fsp3) is 0.200. The molecule has 18 heavy (non-hydrogen) atoms. The molecule has 1 aliphatic rings. The van der Waals surface area contributed by atoms with Crippen molar-refractivity contribution in [2.45, 2.75) is 12.7 Å². The second kappa shape index (κ2) is 5.01. The summed E-state index contributed by atoms with van der Waals surface area (Å²) in [5.41, 5.74) is 2.25. The van der Waals surface area contributed by atoms with Crippen molar-refractivity contribution in [1.29, 1.82) is 0 Å². The van der Waals surface area contributed by atoms with Crippen LogP contribution < -0.4 is 4.74 Å². The van der Waals surface area contributed by atoms with Gasteiger partial charge < -0.3 is 9.47 Å². The number of benzene rings is 2. The van der Waals surface area contributed by atoms with Gasteiger partial charge in [-0.1, -0.05) is 48.0 Å². The number of hydrogen-bond donors (Lipinski definition) is 0. The fourth-order valence-corrected chi connectivity index (χ4v) is 2.05. The van der Waals surface area contributed by atoms with Gasteiger partial charge in [-0.2, -0.15) is 0 Å². The van der Waals surface area contributed by atoms with Crippen LogP contribution in [0.25, 0.3) is 0 Å². The van der Waals surface area contributed by atoms with Crippen molar-refractivity contribution in [2.75, 3.05) is 6.61 Å². The first kappa shape index (κ1) is 11.6. The lowest BCUT2D eigenvalue weighted by molar-refractivity contribution is 0.306. The zero-order valence-electron chi connectivity index (χ0n) is 9.80. The lowest BCUT2D eigenvalue weighted by Crippen LogP contribution is -1.96. The van der Waals surface area contributed by atoms with Crippen LogP contribution in [0.1, 0.15) is 17.2 Å². The number of ether oxygens (including phenoxy) is 2. The minimum atomic E-state index is 0.227. The van der Waals surface area contributed by atoms with Crippen LogP contribution in [0, 0.1) is 0 Å². The smallest absolute Gasteiger partial charge is 0.138 e. The summed E-state index contributed by atoms with van der Waals surface area (Å²) in [6, 6.07) is 15.9. The minimum absolute atomic E-state index is 0.227. The quantitative estimate of drug-likeness (QED) is 0.776. The summed E-state index contributed by atoms with van der Waals surface area (Å²) in [4.78, 5) is 0. The Morgan fingerprint density at radius 2 is 1.94 bits per heavy atom. The van der Waals surface area contributed by atoms with E-state index in [1.807, 2.05) is 48.5 Å². The average molecular weight is 261 g/mol. The molecule has 0 aromatic heterocycles. The molecule has 1 unspecified atom stereocenters. The summed E-state index contributed by atoms with van der Waals surface area (Å²) in [6.45, 7) is 1.32. The van der Waals surface area contributed by atoms with Gasteiger partial charge in [0, 0.05) is 0 Å². The third kappa shape index (κ3) is 2.66. The van der Waals surface area contributed by atoms with Crippen LogP contribution in [0.15, 0.2) is 48.5 Å². The van der Waals surface area contributed by atoms with Gasteiger partial charge in [-0.3, -0.25) is 0 Å². The lowest BCUT2D eigenvalue weighted by Gasteiger charge is -2.09. The molecule has 2 aromatic carbocycles. The molecule has 1 aliphatic heterocycles. The normalized spacial score (nSPS) is 17.5. The molecule has 0 amide bonds. The predicted octanol–water partition coefficient (Wildman–Crippen LogP) is 3.99. The topological polar surface area (TPSA) is 21.8 Å². The average Bonchev–Trinajstić information content (AvgIpc) is 3.23. The van der Waals surface area contributed by atoms with Gasteiger partial charge in [-0.15, -0.1) is 0 Å². The van der Waals surface area contributed by atoms with E-state index in [1.54, 1.807) is 0 Å². The lowest BCUT2D eigenvalue weighted by atomic mass is 10.1. The molecule has 1 atom stereocenters. The van der Waals surface area contributed by atoms with Crippen LogP contribution in [0.2, 0.25) is 5.02 Å². The molecular weight excluding hydrogens is 248 g/mol. The van der Waals surface area contributed by atoms with E-state index in [4.69, 9.17) is 21.1 Å². The third-order valence-electron chi connectivity index (χ3n) is 2.90. The van der Waals surface area contributed by atoms with Crippen molar-refractivity contribution >= 4 is 11.6 Å². The molecule has 0 saturated carbocycles. The minimum Gasteiger partial charge on any atom is -0.487 e. The van der Waals surface area contributed by atoms with Gasteiger partial charge in [0.15, 0.2) is 0 Å². The van der Waals surface area contributed by atoms with Crippen LogP contribution >= 0.6 is 11.6 Å². The number of rotatable bonds is 4. The van der Waals surface area contributed by atoms with Crippen LogP contribution in [-0.4, -0.2) is 6.61 Å². The maximum Gasteiger partial charge on any atom is 0.138 e. The standard InChI is InChI=1S/C15H13ClO2/c16-13-8-12(15-10-18-15)6-7-14(13)17-9-11-4-2-1-3-5-11/h1-8,15H,9-10H2. The molecular formula is C15H13ClO2.